The van der Waals surface area contributed by atoms with Gasteiger partial charge >= 0.3 is 0 Å². The molecule has 2 heterocycles. The Kier molecular flexibility index (Phi) is 5.30. The van der Waals surface area contributed by atoms with E-state index in [0.717, 1.165) is 31.5 Å². The van der Waals surface area contributed by atoms with Crippen LogP contribution in [0, 0.1) is 0 Å². The molecule has 1 aliphatic heterocycles. The van der Waals surface area contributed by atoms with Crippen LogP contribution in [0.2, 0.25) is 0 Å². The van der Waals surface area contributed by atoms with E-state index < -0.39 is 0 Å². The quantitative estimate of drug-likeness (QED) is 0.901. The summed E-state index contributed by atoms with van der Waals surface area (Å²) in [7, 11) is 0. The first-order chi connectivity index (χ1) is 9.83. The van der Waals surface area contributed by atoms with Crippen LogP contribution < -0.4 is 10.6 Å². The third-order valence-corrected chi connectivity index (χ3v) is 3.40. The molecule has 1 saturated heterocycles. The number of benzene rings is 1. The van der Waals surface area contributed by atoms with Crippen LogP contribution in [0.25, 0.3) is 11.4 Å². The molecule has 0 spiro atoms. The van der Waals surface area contributed by atoms with Gasteiger partial charge in [-0.1, -0.05) is 17.3 Å². The van der Waals surface area contributed by atoms with Gasteiger partial charge in [0.15, 0.2) is 0 Å². The van der Waals surface area contributed by atoms with Gasteiger partial charge < -0.3 is 15.2 Å². The van der Waals surface area contributed by atoms with Crippen LogP contribution in [0.1, 0.15) is 23.2 Å². The van der Waals surface area contributed by atoms with Crippen molar-refractivity contribution in [3.63, 3.8) is 0 Å². The van der Waals surface area contributed by atoms with Crippen LogP contribution in [-0.4, -0.2) is 35.2 Å². The number of amides is 1. The van der Waals surface area contributed by atoms with E-state index in [1.54, 1.807) is 12.1 Å². The van der Waals surface area contributed by atoms with E-state index in [0.29, 0.717) is 11.4 Å². The average Bonchev–Trinajstić information content (AvgIpc) is 3.03. The molecule has 112 valence electrons. The normalized spacial score (nSPS) is 17.8. The Labute approximate surface area is 128 Å². The van der Waals surface area contributed by atoms with Gasteiger partial charge in [0.1, 0.15) is 0 Å². The molecular weight excluding hydrogens is 292 g/mol. The first-order valence-electron chi connectivity index (χ1n) is 6.71. The lowest BCUT2D eigenvalue weighted by Crippen LogP contribution is -2.45. The van der Waals surface area contributed by atoms with Crippen LogP contribution >= 0.6 is 12.4 Å². The fourth-order valence-corrected chi connectivity index (χ4v) is 2.31. The highest BCUT2D eigenvalue weighted by molar-refractivity contribution is 5.94. The topological polar surface area (TPSA) is 80.0 Å². The third kappa shape index (κ3) is 3.80. The average molecular weight is 309 g/mol. The number of hydrogen-bond donors (Lipinski definition) is 2. The molecule has 0 saturated carbocycles. The fourth-order valence-electron chi connectivity index (χ4n) is 2.31. The Balaban J connectivity index is 0.00000161. The maximum Gasteiger partial charge on any atom is 0.251 e. The standard InChI is InChI=1S/C14H16N4O2.ClH/c19-14(17-12-2-1-7-15-8-12)11-5-3-10(4-6-11)13-16-9-20-18-13;/h3-6,9,12,15H,1-2,7-8H2,(H,17,19);1H/t12-;/m0./s1. The smallest absolute Gasteiger partial charge is 0.251 e. The first-order valence-corrected chi connectivity index (χ1v) is 6.71. The van der Waals surface area contributed by atoms with E-state index in [4.69, 9.17) is 4.52 Å². The minimum Gasteiger partial charge on any atom is -0.348 e. The molecule has 1 amide bonds. The summed E-state index contributed by atoms with van der Waals surface area (Å²) in [5, 5.41) is 10.1. The van der Waals surface area contributed by atoms with Crippen molar-refractivity contribution in [3.05, 3.63) is 36.2 Å². The van der Waals surface area contributed by atoms with Crippen molar-refractivity contribution in [3.8, 4) is 11.4 Å². The van der Waals surface area contributed by atoms with Gasteiger partial charge in [0.25, 0.3) is 5.91 Å². The number of carbonyl (C=O) groups excluding carboxylic acids is 1. The van der Waals surface area contributed by atoms with Crippen LogP contribution in [0.15, 0.2) is 35.2 Å². The summed E-state index contributed by atoms with van der Waals surface area (Å²) in [6, 6.07) is 7.40. The largest absolute Gasteiger partial charge is 0.348 e. The minimum atomic E-state index is -0.0432. The molecule has 1 atom stereocenters. The number of hydrogen-bond acceptors (Lipinski definition) is 5. The number of rotatable bonds is 3. The first kappa shape index (κ1) is 15.5. The Morgan fingerprint density at radius 3 is 2.76 bits per heavy atom. The Morgan fingerprint density at radius 2 is 2.14 bits per heavy atom. The second-order valence-corrected chi connectivity index (χ2v) is 4.85. The van der Waals surface area contributed by atoms with Crippen LogP contribution in [-0.2, 0) is 0 Å². The summed E-state index contributed by atoms with van der Waals surface area (Å²) < 4.78 is 4.70. The molecule has 21 heavy (non-hydrogen) atoms. The molecule has 2 aromatic rings. The lowest BCUT2D eigenvalue weighted by Gasteiger charge is -2.23. The van der Waals surface area contributed by atoms with Crippen molar-refractivity contribution in [2.45, 2.75) is 18.9 Å². The van der Waals surface area contributed by atoms with E-state index in [9.17, 15) is 4.79 Å². The highest BCUT2D eigenvalue weighted by Gasteiger charge is 2.16. The predicted octanol–water partition coefficient (Wildman–Crippen LogP) is 1.64. The summed E-state index contributed by atoms with van der Waals surface area (Å²) in [6.07, 6.45) is 3.41. The maximum atomic E-state index is 12.1. The molecule has 1 fully saturated rings. The monoisotopic (exact) mass is 308 g/mol. The lowest BCUT2D eigenvalue weighted by molar-refractivity contribution is 0.0930. The zero-order chi connectivity index (χ0) is 13.8. The number of carbonyl (C=O) groups is 1. The van der Waals surface area contributed by atoms with Gasteiger partial charge in [-0.15, -0.1) is 12.4 Å². The Morgan fingerprint density at radius 1 is 1.33 bits per heavy atom. The third-order valence-electron chi connectivity index (χ3n) is 3.40. The van der Waals surface area contributed by atoms with Gasteiger partial charge in [-0.05, 0) is 31.5 Å². The number of halogens is 1. The molecule has 0 aliphatic carbocycles. The van der Waals surface area contributed by atoms with Crippen LogP contribution in [0.4, 0.5) is 0 Å². The number of nitrogens with zero attached hydrogens (tertiary/aromatic N) is 2. The van der Waals surface area contributed by atoms with Gasteiger partial charge in [0.05, 0.1) is 0 Å². The highest BCUT2D eigenvalue weighted by atomic mass is 35.5. The SMILES string of the molecule is Cl.O=C(N[C@H]1CCCNC1)c1ccc(-c2ncon2)cc1. The molecule has 6 nitrogen and oxygen atoms in total. The van der Waals surface area contributed by atoms with Crippen molar-refractivity contribution in [1.29, 1.82) is 0 Å². The van der Waals surface area contributed by atoms with Crippen molar-refractivity contribution in [1.82, 2.24) is 20.8 Å². The Bertz CT molecular complexity index is 565. The molecule has 1 aliphatic rings. The molecule has 1 aromatic heterocycles. The Hall–Kier alpha value is -1.92. The van der Waals surface area contributed by atoms with Crippen molar-refractivity contribution in [2.24, 2.45) is 0 Å². The van der Waals surface area contributed by atoms with Gasteiger partial charge in [-0.25, -0.2) is 0 Å². The molecular formula is C14H17ClN4O2. The molecule has 0 unspecified atom stereocenters. The van der Waals surface area contributed by atoms with Gasteiger partial charge in [-0.3, -0.25) is 4.79 Å². The summed E-state index contributed by atoms with van der Waals surface area (Å²) in [6.45, 7) is 1.87. The minimum absolute atomic E-state index is 0. The number of nitrogens with one attached hydrogen (secondary N) is 2. The van der Waals surface area contributed by atoms with Crippen molar-refractivity contribution >= 4 is 18.3 Å². The van der Waals surface area contributed by atoms with E-state index in [1.165, 1.54) is 6.39 Å². The summed E-state index contributed by atoms with van der Waals surface area (Å²) >= 11 is 0. The summed E-state index contributed by atoms with van der Waals surface area (Å²) in [5.41, 5.74) is 1.47. The molecule has 0 bridgehead atoms. The summed E-state index contributed by atoms with van der Waals surface area (Å²) in [4.78, 5) is 16.1. The number of piperidine rings is 1. The number of aromatic nitrogens is 2. The maximum absolute atomic E-state index is 12.1. The van der Waals surface area contributed by atoms with Crippen molar-refractivity contribution < 1.29 is 9.32 Å². The fraction of sp³-hybridized carbons (Fsp3) is 0.357. The van der Waals surface area contributed by atoms with Crippen LogP contribution in [0.5, 0.6) is 0 Å². The molecule has 7 heteroatoms. The van der Waals surface area contributed by atoms with E-state index >= 15 is 0 Å². The van der Waals surface area contributed by atoms with Gasteiger partial charge in [-0.2, -0.15) is 4.98 Å². The van der Waals surface area contributed by atoms with Gasteiger partial charge in [0, 0.05) is 23.7 Å². The van der Waals surface area contributed by atoms with E-state index in [1.807, 2.05) is 12.1 Å². The molecule has 1 aromatic carbocycles. The molecule has 2 N–H and O–H groups in total. The zero-order valence-corrected chi connectivity index (χ0v) is 12.2. The van der Waals surface area contributed by atoms with Gasteiger partial charge in [0.2, 0.25) is 12.2 Å². The van der Waals surface area contributed by atoms with E-state index in [-0.39, 0.29) is 24.4 Å². The second-order valence-electron chi connectivity index (χ2n) is 4.85. The second kappa shape index (κ2) is 7.19. The molecule has 0 radical (unpaired) electrons. The summed E-state index contributed by atoms with van der Waals surface area (Å²) in [5.74, 6) is 0.479. The van der Waals surface area contributed by atoms with Crippen molar-refractivity contribution in [2.75, 3.05) is 13.1 Å². The lowest BCUT2D eigenvalue weighted by atomic mass is 10.1. The molecule has 3 rings (SSSR count). The predicted molar refractivity (Wildman–Crippen MR) is 80.3 cm³/mol. The highest BCUT2D eigenvalue weighted by Crippen LogP contribution is 2.15. The zero-order valence-electron chi connectivity index (χ0n) is 11.4. The van der Waals surface area contributed by atoms with Crippen LogP contribution in [0.3, 0.4) is 0 Å². The van der Waals surface area contributed by atoms with E-state index in [2.05, 4.69) is 20.8 Å².